The number of hydrogen-bond donors (Lipinski definition) is 2. The minimum atomic E-state index is 0.00712. The molecule has 4 rings (SSSR count). The number of nitrogens with zero attached hydrogens (tertiary/aromatic N) is 2. The number of amides is 1. The Labute approximate surface area is 123 Å². The first-order chi connectivity index (χ1) is 10.3. The second-order valence-electron chi connectivity index (χ2n) is 5.36. The molecule has 2 aliphatic heterocycles. The molecule has 2 aromatic rings. The fourth-order valence-corrected chi connectivity index (χ4v) is 3.03. The molecule has 0 spiro atoms. The molecule has 1 aromatic carbocycles. The topological polar surface area (TPSA) is 57.3 Å². The number of hydrogen-bond acceptors (Lipinski definition) is 4. The van der Waals surface area contributed by atoms with Crippen LogP contribution in [0.4, 0.5) is 5.69 Å². The third-order valence-electron chi connectivity index (χ3n) is 4.09. The zero-order valence-electron chi connectivity index (χ0n) is 11.5. The number of aromatic nitrogens is 1. The molecule has 21 heavy (non-hydrogen) atoms. The van der Waals surface area contributed by atoms with Crippen molar-refractivity contribution < 1.29 is 4.79 Å². The van der Waals surface area contributed by atoms with Crippen LogP contribution < -0.4 is 15.5 Å². The minimum absolute atomic E-state index is 0.00712. The summed E-state index contributed by atoms with van der Waals surface area (Å²) in [5, 5.41) is 6.36. The van der Waals surface area contributed by atoms with Crippen molar-refractivity contribution in [1.82, 2.24) is 15.6 Å². The van der Waals surface area contributed by atoms with Gasteiger partial charge in [-0.15, -0.1) is 0 Å². The number of benzene rings is 1. The lowest BCUT2D eigenvalue weighted by Gasteiger charge is -2.42. The molecule has 0 aliphatic carbocycles. The van der Waals surface area contributed by atoms with Gasteiger partial charge in [-0.1, -0.05) is 12.1 Å². The molecule has 2 aliphatic rings. The highest BCUT2D eigenvalue weighted by Gasteiger charge is 2.32. The molecule has 5 nitrogen and oxygen atoms in total. The van der Waals surface area contributed by atoms with Gasteiger partial charge in [-0.2, -0.15) is 0 Å². The molecule has 0 radical (unpaired) electrons. The van der Waals surface area contributed by atoms with Crippen LogP contribution in [0.3, 0.4) is 0 Å². The molecule has 0 saturated carbocycles. The van der Waals surface area contributed by atoms with Gasteiger partial charge in [0.2, 0.25) is 0 Å². The van der Waals surface area contributed by atoms with E-state index in [0.29, 0.717) is 0 Å². The van der Waals surface area contributed by atoms with Gasteiger partial charge in [-0.3, -0.25) is 9.78 Å². The second kappa shape index (κ2) is 4.86. The highest BCUT2D eigenvalue weighted by molar-refractivity contribution is 6.02. The second-order valence-corrected chi connectivity index (χ2v) is 5.36. The van der Waals surface area contributed by atoms with Crippen molar-refractivity contribution in [2.45, 2.75) is 6.17 Å². The number of piperazine rings is 1. The van der Waals surface area contributed by atoms with Crippen molar-refractivity contribution in [1.29, 1.82) is 0 Å². The lowest BCUT2D eigenvalue weighted by molar-refractivity contribution is 0.0923. The van der Waals surface area contributed by atoms with E-state index in [2.05, 4.69) is 26.6 Å². The van der Waals surface area contributed by atoms with E-state index in [1.165, 1.54) is 0 Å². The molecule has 1 fully saturated rings. The Bertz CT molecular complexity index is 686. The van der Waals surface area contributed by atoms with Gasteiger partial charge in [0, 0.05) is 37.6 Å². The Morgan fingerprint density at radius 3 is 3.05 bits per heavy atom. The van der Waals surface area contributed by atoms with Crippen LogP contribution in [-0.2, 0) is 0 Å². The smallest absolute Gasteiger partial charge is 0.255 e. The van der Waals surface area contributed by atoms with Crippen LogP contribution in [0.15, 0.2) is 42.7 Å². The van der Waals surface area contributed by atoms with Crippen LogP contribution in [0.5, 0.6) is 0 Å². The Morgan fingerprint density at radius 2 is 2.19 bits per heavy atom. The summed E-state index contributed by atoms with van der Waals surface area (Å²) in [4.78, 5) is 18.6. The largest absolute Gasteiger partial charge is 0.348 e. The van der Waals surface area contributed by atoms with Gasteiger partial charge in [0.05, 0.1) is 11.3 Å². The molecule has 2 N–H and O–H groups in total. The summed E-state index contributed by atoms with van der Waals surface area (Å²) in [6, 6.07) is 9.95. The molecule has 5 heteroatoms. The predicted octanol–water partition coefficient (Wildman–Crippen LogP) is 1.23. The molecule has 106 valence electrons. The van der Waals surface area contributed by atoms with E-state index >= 15 is 0 Å². The molecule has 1 saturated heterocycles. The Kier molecular flexibility index (Phi) is 2.86. The van der Waals surface area contributed by atoms with E-state index in [9.17, 15) is 4.79 Å². The maximum absolute atomic E-state index is 12.2. The van der Waals surface area contributed by atoms with Crippen LogP contribution in [0.2, 0.25) is 0 Å². The van der Waals surface area contributed by atoms with Gasteiger partial charge in [0.25, 0.3) is 5.91 Å². The van der Waals surface area contributed by atoms with Crippen LogP contribution in [0.25, 0.3) is 11.1 Å². The number of pyridine rings is 1. The third-order valence-corrected chi connectivity index (χ3v) is 4.09. The van der Waals surface area contributed by atoms with Gasteiger partial charge in [-0.05, 0) is 23.8 Å². The van der Waals surface area contributed by atoms with Crippen molar-refractivity contribution in [3.8, 4) is 11.1 Å². The van der Waals surface area contributed by atoms with E-state index in [4.69, 9.17) is 0 Å². The molecule has 1 unspecified atom stereocenters. The van der Waals surface area contributed by atoms with Gasteiger partial charge < -0.3 is 15.5 Å². The number of carbonyl (C=O) groups is 1. The summed E-state index contributed by atoms with van der Waals surface area (Å²) in [7, 11) is 0. The molecular formula is C16H16N4O. The first-order valence-electron chi connectivity index (χ1n) is 7.15. The SMILES string of the molecule is O=C1NC2CNCCN2c2cc(-c3cccnc3)ccc21. The highest BCUT2D eigenvalue weighted by Crippen LogP contribution is 2.31. The average molecular weight is 280 g/mol. The number of fused-ring (bicyclic) bond motifs is 3. The van der Waals surface area contributed by atoms with E-state index < -0.39 is 0 Å². The van der Waals surface area contributed by atoms with Crippen LogP contribution in [0.1, 0.15) is 10.4 Å². The quantitative estimate of drug-likeness (QED) is 0.825. The van der Waals surface area contributed by atoms with Crippen molar-refractivity contribution in [2.24, 2.45) is 0 Å². The van der Waals surface area contributed by atoms with Crippen LogP contribution >= 0.6 is 0 Å². The van der Waals surface area contributed by atoms with Crippen molar-refractivity contribution >= 4 is 11.6 Å². The molecule has 1 atom stereocenters. The molecule has 1 amide bonds. The first kappa shape index (κ1) is 12.3. The van der Waals surface area contributed by atoms with Crippen LogP contribution in [-0.4, -0.2) is 36.7 Å². The molecule has 3 heterocycles. The summed E-state index contributed by atoms with van der Waals surface area (Å²) in [5.41, 5.74) is 3.93. The van der Waals surface area contributed by atoms with Crippen LogP contribution in [0, 0.1) is 0 Å². The maximum Gasteiger partial charge on any atom is 0.255 e. The first-order valence-corrected chi connectivity index (χ1v) is 7.15. The van der Waals surface area contributed by atoms with E-state index in [-0.39, 0.29) is 12.1 Å². The number of rotatable bonds is 1. The van der Waals surface area contributed by atoms with Gasteiger partial charge in [-0.25, -0.2) is 0 Å². The summed E-state index contributed by atoms with van der Waals surface area (Å²) in [6.07, 6.45) is 3.66. The lowest BCUT2D eigenvalue weighted by Crippen LogP contribution is -2.62. The summed E-state index contributed by atoms with van der Waals surface area (Å²) >= 11 is 0. The van der Waals surface area contributed by atoms with Gasteiger partial charge in [0.15, 0.2) is 0 Å². The Balaban J connectivity index is 1.81. The standard InChI is InChI=1S/C16H16N4O/c21-16-13-4-3-11(12-2-1-5-17-9-12)8-14(13)20-7-6-18-10-15(20)19-16/h1-5,8-9,15,18H,6-7,10H2,(H,19,21). The fraction of sp³-hybridized carbons (Fsp3) is 0.250. The Morgan fingerprint density at radius 1 is 1.24 bits per heavy atom. The summed E-state index contributed by atoms with van der Waals surface area (Å²) < 4.78 is 0. The fourth-order valence-electron chi connectivity index (χ4n) is 3.03. The monoisotopic (exact) mass is 280 g/mol. The van der Waals surface area contributed by atoms with Gasteiger partial charge >= 0.3 is 0 Å². The predicted molar refractivity (Wildman–Crippen MR) is 81.1 cm³/mol. The zero-order valence-corrected chi connectivity index (χ0v) is 11.5. The van der Waals surface area contributed by atoms with E-state index in [0.717, 1.165) is 42.0 Å². The van der Waals surface area contributed by atoms with Crippen molar-refractivity contribution in [2.75, 3.05) is 24.5 Å². The molecular weight excluding hydrogens is 264 g/mol. The number of nitrogens with one attached hydrogen (secondary N) is 2. The Hall–Kier alpha value is -2.40. The normalized spacial score (nSPS) is 20.5. The summed E-state index contributed by atoms with van der Waals surface area (Å²) in [6.45, 7) is 2.61. The van der Waals surface area contributed by atoms with E-state index in [1.54, 1.807) is 6.20 Å². The van der Waals surface area contributed by atoms with Crippen molar-refractivity contribution in [3.05, 3.63) is 48.3 Å². The minimum Gasteiger partial charge on any atom is -0.348 e. The highest BCUT2D eigenvalue weighted by atomic mass is 16.2. The maximum atomic E-state index is 12.2. The van der Waals surface area contributed by atoms with Gasteiger partial charge in [0.1, 0.15) is 6.17 Å². The molecule has 1 aromatic heterocycles. The number of anilines is 1. The third kappa shape index (κ3) is 2.06. The van der Waals surface area contributed by atoms with Crippen molar-refractivity contribution in [3.63, 3.8) is 0 Å². The van der Waals surface area contributed by atoms with E-state index in [1.807, 2.05) is 30.5 Å². The lowest BCUT2D eigenvalue weighted by atomic mass is 10.00. The molecule has 0 bridgehead atoms. The zero-order chi connectivity index (χ0) is 14.2. The summed E-state index contributed by atoms with van der Waals surface area (Å²) in [5.74, 6) is 0.00712. The average Bonchev–Trinajstić information content (AvgIpc) is 2.55. The number of carbonyl (C=O) groups excluding carboxylic acids is 1.